The van der Waals surface area contributed by atoms with Crippen molar-refractivity contribution in [2.24, 2.45) is 17.1 Å². The number of carbonyl (C=O) groups excluding carboxylic acids is 1. The van der Waals surface area contributed by atoms with Crippen LogP contribution in [0.15, 0.2) is 12.0 Å². The summed E-state index contributed by atoms with van der Waals surface area (Å²) in [6.45, 7) is 4.44. The maximum Gasteiger partial charge on any atom is 0.235 e. The summed E-state index contributed by atoms with van der Waals surface area (Å²) in [5.41, 5.74) is 5.36. The lowest BCUT2D eigenvalue weighted by Crippen LogP contribution is -2.59. The van der Waals surface area contributed by atoms with Crippen LogP contribution in [0.25, 0.3) is 0 Å². The number of hydrogen-bond acceptors (Lipinski definition) is 3. The van der Waals surface area contributed by atoms with E-state index in [1.54, 1.807) is 0 Å². The Morgan fingerprint density at radius 3 is 2.29 bits per heavy atom. The van der Waals surface area contributed by atoms with Gasteiger partial charge < -0.3 is 5.73 Å². The molecule has 0 radical (unpaired) electrons. The molecule has 5 nitrogen and oxygen atoms in total. The zero-order valence-electron chi connectivity index (χ0n) is 9.76. The Labute approximate surface area is 102 Å². The summed E-state index contributed by atoms with van der Waals surface area (Å²) in [7, 11) is -3.26. The molecule has 2 rings (SSSR count). The molecule has 0 aromatic carbocycles. The van der Waals surface area contributed by atoms with Gasteiger partial charge in [-0.15, -0.1) is 0 Å². The number of sulfonamides is 1. The summed E-state index contributed by atoms with van der Waals surface area (Å²) in [5, 5.41) is 0.995. The highest BCUT2D eigenvalue weighted by Gasteiger charge is 2.49. The molecule has 6 heteroatoms. The van der Waals surface area contributed by atoms with Crippen LogP contribution in [-0.4, -0.2) is 31.7 Å². The van der Waals surface area contributed by atoms with Gasteiger partial charge in [0.1, 0.15) is 0 Å². The van der Waals surface area contributed by atoms with E-state index in [4.69, 9.17) is 5.73 Å². The van der Waals surface area contributed by atoms with Crippen molar-refractivity contribution in [1.29, 1.82) is 0 Å². The van der Waals surface area contributed by atoms with Crippen molar-refractivity contribution in [2.45, 2.75) is 25.7 Å². The summed E-state index contributed by atoms with van der Waals surface area (Å²) >= 11 is 0. The molecule has 96 valence electrons. The average molecular weight is 258 g/mol. The summed E-state index contributed by atoms with van der Waals surface area (Å²) in [6.07, 6.45) is 3.36. The third-order valence-corrected chi connectivity index (χ3v) is 5.44. The van der Waals surface area contributed by atoms with Gasteiger partial charge in [-0.25, -0.2) is 8.42 Å². The zero-order chi connectivity index (χ0) is 12.7. The largest absolute Gasteiger partial charge is 0.369 e. The van der Waals surface area contributed by atoms with Crippen LogP contribution in [0.4, 0.5) is 0 Å². The highest BCUT2D eigenvalue weighted by molar-refractivity contribution is 7.92. The molecule has 0 bridgehead atoms. The quantitative estimate of drug-likeness (QED) is 0.797. The Balaban J connectivity index is 1.92. The Bertz CT molecular complexity index is 428. The van der Waals surface area contributed by atoms with E-state index in [2.05, 4.69) is 6.58 Å². The van der Waals surface area contributed by atoms with E-state index in [1.165, 1.54) is 4.31 Å². The van der Waals surface area contributed by atoms with Crippen LogP contribution in [0.3, 0.4) is 0 Å². The number of nitrogens with two attached hydrogens (primary N) is 1. The molecule has 17 heavy (non-hydrogen) atoms. The van der Waals surface area contributed by atoms with E-state index >= 15 is 0 Å². The summed E-state index contributed by atoms with van der Waals surface area (Å²) in [5.74, 6) is -0.250. The lowest BCUT2D eigenvalue weighted by molar-refractivity contribution is -0.124. The number of amides is 1. The fourth-order valence-corrected chi connectivity index (χ4v) is 3.94. The molecule has 1 saturated heterocycles. The number of nitrogens with zero attached hydrogens (tertiary/aromatic N) is 1. The molecule has 1 amide bonds. The molecule has 2 aliphatic rings. The third-order valence-electron chi connectivity index (χ3n) is 4.04. The lowest BCUT2D eigenvalue weighted by atomic mass is 9.67. The molecule has 2 N–H and O–H groups in total. The number of rotatable bonds is 3. The van der Waals surface area contributed by atoms with Crippen LogP contribution in [0.5, 0.6) is 0 Å². The number of hydrogen-bond donors (Lipinski definition) is 1. The van der Waals surface area contributed by atoms with Crippen LogP contribution in [0.2, 0.25) is 0 Å². The molecular weight excluding hydrogens is 240 g/mol. The maximum absolute atomic E-state index is 11.5. The Kier molecular flexibility index (Phi) is 3.03. The Morgan fingerprint density at radius 1 is 1.35 bits per heavy atom. The van der Waals surface area contributed by atoms with Crippen molar-refractivity contribution in [3.8, 4) is 0 Å². The summed E-state index contributed by atoms with van der Waals surface area (Å²) in [4.78, 5) is 11.0. The van der Waals surface area contributed by atoms with E-state index < -0.39 is 10.0 Å². The minimum Gasteiger partial charge on any atom is -0.369 e. The van der Waals surface area contributed by atoms with E-state index in [0.717, 1.165) is 31.1 Å². The van der Waals surface area contributed by atoms with Crippen LogP contribution < -0.4 is 5.73 Å². The second kappa shape index (κ2) is 4.10. The normalized spacial score (nSPS) is 25.4. The molecule has 0 aromatic heterocycles. The van der Waals surface area contributed by atoms with Crippen molar-refractivity contribution < 1.29 is 13.2 Å². The molecule has 1 aliphatic carbocycles. The van der Waals surface area contributed by atoms with Gasteiger partial charge in [0.25, 0.3) is 0 Å². The first-order valence-electron chi connectivity index (χ1n) is 5.80. The molecule has 0 atom stereocenters. The van der Waals surface area contributed by atoms with Crippen molar-refractivity contribution in [2.75, 3.05) is 13.1 Å². The second-order valence-corrected chi connectivity index (χ2v) is 7.04. The van der Waals surface area contributed by atoms with Gasteiger partial charge in [0, 0.05) is 24.4 Å². The molecule has 2 fully saturated rings. The van der Waals surface area contributed by atoms with Crippen molar-refractivity contribution >= 4 is 15.9 Å². The highest BCUT2D eigenvalue weighted by Crippen LogP contribution is 2.46. The predicted molar refractivity (Wildman–Crippen MR) is 64.3 cm³/mol. The molecular formula is C11H18N2O3S. The van der Waals surface area contributed by atoms with Crippen LogP contribution in [0.1, 0.15) is 25.7 Å². The van der Waals surface area contributed by atoms with Crippen molar-refractivity contribution in [3.05, 3.63) is 12.0 Å². The van der Waals surface area contributed by atoms with Gasteiger partial charge in [0.2, 0.25) is 15.9 Å². The van der Waals surface area contributed by atoms with Gasteiger partial charge in [-0.2, -0.15) is 4.31 Å². The minimum absolute atomic E-state index is 0.0225. The van der Waals surface area contributed by atoms with Gasteiger partial charge in [-0.05, 0) is 31.1 Å². The van der Waals surface area contributed by atoms with E-state index in [0.29, 0.717) is 13.1 Å². The van der Waals surface area contributed by atoms with Gasteiger partial charge in [0.05, 0.1) is 0 Å². The van der Waals surface area contributed by atoms with Crippen LogP contribution in [-0.2, 0) is 14.8 Å². The molecule has 1 heterocycles. The first kappa shape index (κ1) is 12.6. The summed E-state index contributed by atoms with van der Waals surface area (Å²) in [6, 6.07) is 0. The fourth-order valence-electron chi connectivity index (χ4n) is 2.82. The topological polar surface area (TPSA) is 80.5 Å². The predicted octanol–water partition coefficient (Wildman–Crippen LogP) is 0.437. The van der Waals surface area contributed by atoms with Gasteiger partial charge in [-0.3, -0.25) is 4.79 Å². The van der Waals surface area contributed by atoms with Crippen molar-refractivity contribution in [3.63, 3.8) is 0 Å². The Morgan fingerprint density at radius 2 is 1.88 bits per heavy atom. The van der Waals surface area contributed by atoms with Gasteiger partial charge in [0.15, 0.2) is 0 Å². The first-order valence-corrected chi connectivity index (χ1v) is 7.31. The van der Waals surface area contributed by atoms with Crippen LogP contribution >= 0.6 is 0 Å². The zero-order valence-corrected chi connectivity index (χ0v) is 10.6. The van der Waals surface area contributed by atoms with E-state index in [-0.39, 0.29) is 17.2 Å². The number of carbonyl (C=O) groups is 1. The van der Waals surface area contributed by atoms with Crippen LogP contribution in [0, 0.1) is 11.3 Å². The Hall–Kier alpha value is -0.880. The average Bonchev–Trinajstić information content (AvgIpc) is 2.26. The second-order valence-electron chi connectivity index (χ2n) is 5.16. The van der Waals surface area contributed by atoms with E-state index in [1.807, 2.05) is 0 Å². The minimum atomic E-state index is -3.26. The van der Waals surface area contributed by atoms with Crippen molar-refractivity contribution in [1.82, 2.24) is 4.31 Å². The fraction of sp³-hybridized carbons (Fsp3) is 0.727. The van der Waals surface area contributed by atoms with E-state index in [9.17, 15) is 13.2 Å². The lowest BCUT2D eigenvalue weighted by Gasteiger charge is -2.51. The molecule has 0 unspecified atom stereocenters. The standard InChI is InChI=1S/C11H18N2O3S/c1-2-17(15,16)13-7-11(8-13)5-3-9(4-6-11)10(12)14/h2,9H,1,3-8H2,(H2,12,14). The maximum atomic E-state index is 11.5. The molecule has 1 saturated carbocycles. The smallest absolute Gasteiger partial charge is 0.235 e. The molecule has 0 aromatic rings. The first-order chi connectivity index (χ1) is 7.88. The molecule has 1 spiro atoms. The SMILES string of the molecule is C=CS(=O)(=O)N1CC2(CCC(C(N)=O)CC2)C1. The highest BCUT2D eigenvalue weighted by atomic mass is 32.2. The van der Waals surface area contributed by atoms with Gasteiger partial charge >= 0.3 is 0 Å². The molecule has 1 aliphatic heterocycles. The monoisotopic (exact) mass is 258 g/mol. The number of primary amides is 1. The third kappa shape index (κ3) is 2.24. The summed E-state index contributed by atoms with van der Waals surface area (Å²) < 4.78 is 24.5. The van der Waals surface area contributed by atoms with Gasteiger partial charge in [-0.1, -0.05) is 6.58 Å².